The zero-order valence-electron chi connectivity index (χ0n) is 20.0. The highest BCUT2D eigenvalue weighted by Gasteiger charge is 2.36. The van der Waals surface area contributed by atoms with Crippen molar-refractivity contribution in [1.82, 2.24) is 0 Å². The Morgan fingerprint density at radius 2 is 1.39 bits per heavy atom. The number of Topliss-reactive ketones (excluding diaryl/α,β-unsaturated/α-hetero) is 1. The van der Waals surface area contributed by atoms with Crippen molar-refractivity contribution in [3.05, 3.63) is 137 Å². The molecule has 36 heavy (non-hydrogen) atoms. The van der Waals surface area contributed by atoms with Gasteiger partial charge in [-0.25, -0.2) is 0 Å². The molecule has 4 nitrogen and oxygen atoms in total. The summed E-state index contributed by atoms with van der Waals surface area (Å²) < 4.78 is 6.26. The van der Waals surface area contributed by atoms with Crippen LogP contribution in [0.2, 0.25) is 0 Å². The van der Waals surface area contributed by atoms with Gasteiger partial charge in [-0.3, -0.25) is 4.79 Å². The minimum atomic E-state index is -0.199. The smallest absolute Gasteiger partial charge is 0.163 e. The van der Waals surface area contributed by atoms with E-state index in [2.05, 4.69) is 53.1 Å². The highest BCUT2D eigenvalue weighted by molar-refractivity contribution is 6.01. The number of hydrogen-bond acceptors (Lipinski definition) is 4. The average molecular weight is 473 g/mol. The minimum Gasteiger partial charge on any atom is -0.489 e. The molecule has 0 saturated carbocycles. The molecule has 0 fully saturated rings. The lowest BCUT2D eigenvalue weighted by Crippen LogP contribution is -2.27. The average Bonchev–Trinajstić information content (AvgIpc) is 3.10. The van der Waals surface area contributed by atoms with Crippen LogP contribution in [-0.4, -0.2) is 5.78 Å². The number of carbonyl (C=O) groups is 1. The molecule has 1 aliphatic heterocycles. The molecule has 4 aromatic carbocycles. The summed E-state index contributed by atoms with van der Waals surface area (Å²) in [6.07, 6.45) is 1.19. The van der Waals surface area contributed by atoms with Gasteiger partial charge in [-0.2, -0.15) is 0 Å². The molecule has 1 heterocycles. The van der Waals surface area contributed by atoms with Crippen molar-refractivity contribution >= 4 is 17.2 Å². The molecular formula is C32H28N2O2. The Kier molecular flexibility index (Phi) is 6.00. The Morgan fingerprint density at radius 3 is 2.19 bits per heavy atom. The molecule has 2 N–H and O–H groups in total. The molecule has 0 amide bonds. The van der Waals surface area contributed by atoms with E-state index in [0.29, 0.717) is 13.0 Å². The van der Waals surface area contributed by atoms with E-state index in [0.717, 1.165) is 51.5 Å². The van der Waals surface area contributed by atoms with Crippen LogP contribution in [-0.2, 0) is 11.4 Å². The lowest BCUT2D eigenvalue weighted by molar-refractivity contribution is -0.116. The number of rotatable bonds is 5. The molecule has 178 valence electrons. The standard InChI is InChI=1S/C32H28N2O2/c35-29-20-24(25-15-7-10-18-30(25)36-21-22-11-3-1-4-12-22)19-28-31(29)32(23-13-5-2-6-14-23)34-27-17-9-8-16-26(27)33-28/h1-18,24,32-34H,19-21H2/t24-,32+/m0/s1. The first-order chi connectivity index (χ1) is 17.8. The van der Waals surface area contributed by atoms with Crippen LogP contribution in [0.5, 0.6) is 5.75 Å². The van der Waals surface area contributed by atoms with Crippen molar-refractivity contribution in [2.24, 2.45) is 0 Å². The number of anilines is 2. The van der Waals surface area contributed by atoms with Crippen molar-refractivity contribution < 1.29 is 9.53 Å². The van der Waals surface area contributed by atoms with Crippen molar-refractivity contribution in [3.8, 4) is 5.75 Å². The highest BCUT2D eigenvalue weighted by atomic mass is 16.5. The van der Waals surface area contributed by atoms with Gasteiger partial charge >= 0.3 is 0 Å². The van der Waals surface area contributed by atoms with Crippen LogP contribution in [0.4, 0.5) is 11.4 Å². The normalized spacial score (nSPS) is 18.8. The largest absolute Gasteiger partial charge is 0.489 e. The Balaban J connectivity index is 1.35. The summed E-state index contributed by atoms with van der Waals surface area (Å²) in [7, 11) is 0. The van der Waals surface area contributed by atoms with Crippen molar-refractivity contribution in [2.45, 2.75) is 31.4 Å². The van der Waals surface area contributed by atoms with E-state index in [1.807, 2.05) is 66.7 Å². The molecule has 4 aromatic rings. The number of nitrogens with one attached hydrogen (secondary N) is 2. The summed E-state index contributed by atoms with van der Waals surface area (Å²) in [5, 5.41) is 7.27. The summed E-state index contributed by atoms with van der Waals surface area (Å²) in [4.78, 5) is 13.8. The fourth-order valence-electron chi connectivity index (χ4n) is 5.29. The van der Waals surface area contributed by atoms with Gasteiger partial charge in [-0.15, -0.1) is 0 Å². The lowest BCUT2D eigenvalue weighted by atomic mass is 9.78. The van der Waals surface area contributed by atoms with E-state index in [9.17, 15) is 4.79 Å². The van der Waals surface area contributed by atoms with E-state index >= 15 is 0 Å². The van der Waals surface area contributed by atoms with Crippen LogP contribution < -0.4 is 15.4 Å². The van der Waals surface area contributed by atoms with Gasteiger partial charge in [0.1, 0.15) is 12.4 Å². The van der Waals surface area contributed by atoms with Crippen LogP contribution in [0.3, 0.4) is 0 Å². The van der Waals surface area contributed by atoms with Gasteiger partial charge in [-0.05, 0) is 41.3 Å². The summed E-state index contributed by atoms with van der Waals surface area (Å²) in [5.74, 6) is 1.05. The molecular weight excluding hydrogens is 444 g/mol. The van der Waals surface area contributed by atoms with E-state index in [1.165, 1.54) is 0 Å². The number of para-hydroxylation sites is 3. The fraction of sp³-hybridized carbons (Fsp3) is 0.156. The molecule has 0 aromatic heterocycles. The van der Waals surface area contributed by atoms with Gasteiger partial charge in [0.25, 0.3) is 0 Å². The van der Waals surface area contributed by atoms with Crippen LogP contribution in [0.25, 0.3) is 0 Å². The molecule has 2 aliphatic rings. The fourth-order valence-corrected chi connectivity index (χ4v) is 5.29. The van der Waals surface area contributed by atoms with Crippen molar-refractivity contribution in [2.75, 3.05) is 10.6 Å². The zero-order valence-corrected chi connectivity index (χ0v) is 20.0. The number of benzene rings is 4. The van der Waals surface area contributed by atoms with Crippen molar-refractivity contribution in [3.63, 3.8) is 0 Å². The third kappa shape index (κ3) is 4.38. The third-order valence-corrected chi connectivity index (χ3v) is 7.04. The zero-order chi connectivity index (χ0) is 24.3. The van der Waals surface area contributed by atoms with Gasteiger partial charge in [-0.1, -0.05) is 91.0 Å². The summed E-state index contributed by atoms with van der Waals surface area (Å²) in [6, 6.07) is 36.5. The Labute approximate surface area is 211 Å². The second-order valence-electron chi connectivity index (χ2n) is 9.39. The van der Waals surface area contributed by atoms with Gasteiger partial charge in [0, 0.05) is 23.6 Å². The van der Waals surface area contributed by atoms with Crippen molar-refractivity contribution in [1.29, 1.82) is 0 Å². The third-order valence-electron chi connectivity index (χ3n) is 7.04. The molecule has 6 rings (SSSR count). The number of carbonyl (C=O) groups excluding carboxylic acids is 1. The predicted octanol–water partition coefficient (Wildman–Crippen LogP) is 7.25. The first-order valence-corrected chi connectivity index (χ1v) is 12.5. The molecule has 1 aliphatic carbocycles. The van der Waals surface area contributed by atoms with Gasteiger partial charge in [0.2, 0.25) is 0 Å². The second-order valence-corrected chi connectivity index (χ2v) is 9.39. The Hall–Kier alpha value is -4.31. The minimum absolute atomic E-state index is 0.0393. The lowest BCUT2D eigenvalue weighted by Gasteiger charge is -2.30. The van der Waals surface area contributed by atoms with E-state index in [-0.39, 0.29) is 17.7 Å². The summed E-state index contributed by atoms with van der Waals surface area (Å²) in [6.45, 7) is 0.498. The van der Waals surface area contributed by atoms with E-state index in [4.69, 9.17) is 4.74 Å². The molecule has 0 unspecified atom stereocenters. The van der Waals surface area contributed by atoms with E-state index in [1.54, 1.807) is 0 Å². The molecule has 0 spiro atoms. The van der Waals surface area contributed by atoms with Gasteiger partial charge < -0.3 is 15.4 Å². The van der Waals surface area contributed by atoms with Crippen LogP contribution in [0.1, 0.15) is 41.5 Å². The second kappa shape index (κ2) is 9.74. The SMILES string of the molecule is O=C1C[C@@H](c2ccccc2OCc2ccccc2)CC2=C1[C@@H](c1ccccc1)Nc1ccccc1N2. The van der Waals surface area contributed by atoms with Gasteiger partial charge in [0.15, 0.2) is 5.78 Å². The molecule has 4 heteroatoms. The quantitative estimate of drug-likeness (QED) is 0.321. The molecule has 0 saturated heterocycles. The highest BCUT2D eigenvalue weighted by Crippen LogP contribution is 2.45. The van der Waals surface area contributed by atoms with Gasteiger partial charge in [0.05, 0.1) is 17.4 Å². The first-order valence-electron chi connectivity index (χ1n) is 12.5. The van der Waals surface area contributed by atoms with Crippen LogP contribution in [0, 0.1) is 0 Å². The molecule has 0 bridgehead atoms. The van der Waals surface area contributed by atoms with E-state index < -0.39 is 0 Å². The number of ether oxygens (including phenoxy) is 1. The predicted molar refractivity (Wildman–Crippen MR) is 144 cm³/mol. The summed E-state index contributed by atoms with van der Waals surface area (Å²) >= 11 is 0. The monoisotopic (exact) mass is 472 g/mol. The maximum Gasteiger partial charge on any atom is 0.163 e. The number of allylic oxidation sites excluding steroid dienone is 1. The number of hydrogen-bond donors (Lipinski definition) is 2. The number of fused-ring (bicyclic) bond motifs is 1. The van der Waals surface area contributed by atoms with Crippen LogP contribution >= 0.6 is 0 Å². The maximum atomic E-state index is 13.8. The first kappa shape index (κ1) is 22.2. The maximum absolute atomic E-state index is 13.8. The topological polar surface area (TPSA) is 50.4 Å². The Morgan fingerprint density at radius 1 is 0.722 bits per heavy atom. The van der Waals surface area contributed by atoms with Crippen LogP contribution in [0.15, 0.2) is 120 Å². The number of ketones is 1. The Bertz CT molecular complexity index is 1410. The molecule has 2 atom stereocenters. The summed E-state index contributed by atoms with van der Waals surface area (Å²) in [5.41, 5.74) is 7.09. The molecule has 0 radical (unpaired) electrons.